The van der Waals surface area contributed by atoms with Gasteiger partial charge in [-0.3, -0.25) is 4.79 Å². The maximum Gasteiger partial charge on any atom is 0.220 e. The molecule has 3 rings (SSSR count). The first-order valence-electron chi connectivity index (χ1n) is 7.84. The summed E-state index contributed by atoms with van der Waals surface area (Å²) in [5.41, 5.74) is 1.60. The lowest BCUT2D eigenvalue weighted by molar-refractivity contribution is -0.122. The smallest absolute Gasteiger partial charge is 0.220 e. The molecule has 0 aromatic heterocycles. The quantitative estimate of drug-likeness (QED) is 0.884. The Balaban J connectivity index is 1.44. The van der Waals surface area contributed by atoms with Gasteiger partial charge in [0, 0.05) is 18.0 Å². The van der Waals surface area contributed by atoms with Crippen molar-refractivity contribution in [2.24, 2.45) is 0 Å². The molecule has 1 spiro atoms. The molecule has 1 saturated heterocycles. The second-order valence-corrected chi connectivity index (χ2v) is 6.30. The second kappa shape index (κ2) is 5.96. The molecule has 1 saturated carbocycles. The first-order chi connectivity index (χ1) is 9.76. The van der Waals surface area contributed by atoms with Crippen LogP contribution in [0.1, 0.15) is 44.1 Å². The molecule has 1 amide bonds. The van der Waals surface area contributed by atoms with Crippen molar-refractivity contribution in [2.45, 2.75) is 56.5 Å². The molecule has 2 fully saturated rings. The number of hydrogen-bond donors (Lipinski definition) is 2. The van der Waals surface area contributed by atoms with Gasteiger partial charge in [0.25, 0.3) is 0 Å². The molecule has 20 heavy (non-hydrogen) atoms. The average molecular weight is 272 g/mol. The van der Waals surface area contributed by atoms with Crippen LogP contribution in [-0.2, 0) is 11.2 Å². The molecule has 1 heterocycles. The van der Waals surface area contributed by atoms with Gasteiger partial charge >= 0.3 is 0 Å². The topological polar surface area (TPSA) is 41.1 Å². The van der Waals surface area contributed by atoms with Gasteiger partial charge in [0.05, 0.1) is 0 Å². The van der Waals surface area contributed by atoms with Gasteiger partial charge in [-0.05, 0) is 50.6 Å². The minimum absolute atomic E-state index is 0.204. The van der Waals surface area contributed by atoms with Crippen molar-refractivity contribution in [1.82, 2.24) is 10.6 Å². The van der Waals surface area contributed by atoms with Gasteiger partial charge in [-0.25, -0.2) is 0 Å². The minimum atomic E-state index is 0.204. The van der Waals surface area contributed by atoms with E-state index in [2.05, 4.69) is 22.8 Å². The van der Waals surface area contributed by atoms with Crippen LogP contribution in [0.15, 0.2) is 30.3 Å². The Kier molecular flexibility index (Phi) is 4.06. The molecule has 1 atom stereocenters. The van der Waals surface area contributed by atoms with Crippen LogP contribution in [0.3, 0.4) is 0 Å². The molecule has 2 N–H and O–H groups in total. The van der Waals surface area contributed by atoms with E-state index in [1.165, 1.54) is 24.8 Å². The number of nitrogens with one attached hydrogen (secondary N) is 2. The summed E-state index contributed by atoms with van der Waals surface area (Å²) >= 11 is 0. The molecular formula is C17H24N2O. The van der Waals surface area contributed by atoms with Gasteiger partial charge in [-0.2, -0.15) is 0 Å². The Hall–Kier alpha value is -1.35. The van der Waals surface area contributed by atoms with Crippen molar-refractivity contribution in [1.29, 1.82) is 0 Å². The standard InChI is InChI=1S/C17H24N2O/c20-16(8-7-14-5-2-1-3-6-14)19-15-9-12-18-17(13-15)10-4-11-17/h1-3,5-6,15,18H,4,7-13H2,(H,19,20). The van der Waals surface area contributed by atoms with Crippen LogP contribution in [0.4, 0.5) is 0 Å². The number of carbonyl (C=O) groups is 1. The Morgan fingerprint density at radius 2 is 2.10 bits per heavy atom. The lowest BCUT2D eigenvalue weighted by Crippen LogP contribution is -2.59. The molecular weight excluding hydrogens is 248 g/mol. The second-order valence-electron chi connectivity index (χ2n) is 6.30. The van der Waals surface area contributed by atoms with Crippen LogP contribution in [0.5, 0.6) is 0 Å². The molecule has 1 unspecified atom stereocenters. The molecule has 0 radical (unpaired) electrons. The van der Waals surface area contributed by atoms with Crippen molar-refractivity contribution >= 4 is 5.91 Å². The Morgan fingerprint density at radius 1 is 1.30 bits per heavy atom. The number of carbonyl (C=O) groups excluding carboxylic acids is 1. The molecule has 1 aliphatic heterocycles. The van der Waals surface area contributed by atoms with E-state index < -0.39 is 0 Å². The van der Waals surface area contributed by atoms with Crippen LogP contribution in [0.2, 0.25) is 0 Å². The summed E-state index contributed by atoms with van der Waals surface area (Å²) in [6.45, 7) is 1.05. The monoisotopic (exact) mass is 272 g/mol. The zero-order chi connectivity index (χ0) is 13.8. The summed E-state index contributed by atoms with van der Waals surface area (Å²) in [6, 6.07) is 10.6. The van der Waals surface area contributed by atoms with Gasteiger partial charge in [0.2, 0.25) is 5.91 Å². The van der Waals surface area contributed by atoms with E-state index in [-0.39, 0.29) is 5.91 Å². The van der Waals surface area contributed by atoms with Crippen LogP contribution in [0, 0.1) is 0 Å². The number of hydrogen-bond acceptors (Lipinski definition) is 2. The number of aryl methyl sites for hydroxylation is 1. The fourth-order valence-corrected chi connectivity index (χ4v) is 3.47. The number of rotatable bonds is 4. The predicted molar refractivity (Wildman–Crippen MR) is 80.5 cm³/mol. The first-order valence-corrected chi connectivity index (χ1v) is 7.84. The van der Waals surface area contributed by atoms with Crippen molar-refractivity contribution in [3.8, 4) is 0 Å². The van der Waals surface area contributed by atoms with Gasteiger partial charge in [0.15, 0.2) is 0 Å². The lowest BCUT2D eigenvalue weighted by Gasteiger charge is -2.48. The van der Waals surface area contributed by atoms with E-state index >= 15 is 0 Å². The van der Waals surface area contributed by atoms with Crippen molar-refractivity contribution in [3.05, 3.63) is 35.9 Å². The zero-order valence-corrected chi connectivity index (χ0v) is 12.0. The van der Waals surface area contributed by atoms with Crippen LogP contribution < -0.4 is 10.6 Å². The summed E-state index contributed by atoms with van der Waals surface area (Å²) in [6.07, 6.45) is 7.51. The Morgan fingerprint density at radius 3 is 2.80 bits per heavy atom. The first kappa shape index (κ1) is 13.6. The number of amides is 1. The molecule has 3 nitrogen and oxygen atoms in total. The summed E-state index contributed by atoms with van der Waals surface area (Å²) in [7, 11) is 0. The molecule has 1 aliphatic carbocycles. The van der Waals surface area contributed by atoms with Gasteiger partial charge in [-0.1, -0.05) is 30.3 Å². The fraction of sp³-hybridized carbons (Fsp3) is 0.588. The lowest BCUT2D eigenvalue weighted by atomic mass is 9.70. The van der Waals surface area contributed by atoms with Crippen molar-refractivity contribution in [2.75, 3.05) is 6.54 Å². The molecule has 1 aromatic carbocycles. The molecule has 2 aliphatic rings. The highest BCUT2D eigenvalue weighted by molar-refractivity contribution is 5.76. The minimum Gasteiger partial charge on any atom is -0.353 e. The Labute approximate surface area is 121 Å². The van der Waals surface area contributed by atoms with E-state index in [0.29, 0.717) is 18.0 Å². The van der Waals surface area contributed by atoms with E-state index in [9.17, 15) is 4.79 Å². The Bertz CT molecular complexity index is 453. The predicted octanol–water partition coefficient (Wildman–Crippen LogP) is 2.41. The zero-order valence-electron chi connectivity index (χ0n) is 12.0. The molecule has 0 bridgehead atoms. The van der Waals surface area contributed by atoms with Crippen LogP contribution in [-0.4, -0.2) is 24.0 Å². The SMILES string of the molecule is O=C(CCc1ccccc1)NC1CCNC2(CCC2)C1. The van der Waals surface area contributed by atoms with E-state index in [1.54, 1.807) is 0 Å². The van der Waals surface area contributed by atoms with Gasteiger partial charge < -0.3 is 10.6 Å². The van der Waals surface area contributed by atoms with Gasteiger partial charge in [-0.15, -0.1) is 0 Å². The molecule has 108 valence electrons. The molecule has 3 heteroatoms. The third-order valence-electron chi connectivity index (χ3n) is 4.79. The number of benzene rings is 1. The van der Waals surface area contributed by atoms with Crippen molar-refractivity contribution in [3.63, 3.8) is 0 Å². The van der Waals surface area contributed by atoms with Crippen molar-refractivity contribution < 1.29 is 4.79 Å². The summed E-state index contributed by atoms with van der Waals surface area (Å²) in [5.74, 6) is 0.204. The number of piperidine rings is 1. The fourth-order valence-electron chi connectivity index (χ4n) is 3.47. The van der Waals surface area contributed by atoms with Gasteiger partial charge in [0.1, 0.15) is 0 Å². The maximum absolute atomic E-state index is 12.1. The summed E-state index contributed by atoms with van der Waals surface area (Å²) in [4.78, 5) is 12.1. The van der Waals surface area contributed by atoms with Crippen LogP contribution in [0.25, 0.3) is 0 Å². The highest BCUT2D eigenvalue weighted by atomic mass is 16.1. The highest BCUT2D eigenvalue weighted by Crippen LogP contribution is 2.38. The summed E-state index contributed by atoms with van der Waals surface area (Å²) in [5, 5.41) is 6.88. The third-order valence-corrected chi connectivity index (χ3v) is 4.79. The average Bonchev–Trinajstić information content (AvgIpc) is 2.45. The van der Waals surface area contributed by atoms with E-state index in [0.717, 1.165) is 25.8 Å². The van der Waals surface area contributed by atoms with E-state index in [4.69, 9.17) is 0 Å². The molecule has 1 aromatic rings. The normalized spacial score (nSPS) is 24.1. The third kappa shape index (κ3) is 3.21. The van der Waals surface area contributed by atoms with E-state index in [1.807, 2.05) is 18.2 Å². The maximum atomic E-state index is 12.1. The van der Waals surface area contributed by atoms with Crippen LogP contribution >= 0.6 is 0 Å². The largest absolute Gasteiger partial charge is 0.353 e. The summed E-state index contributed by atoms with van der Waals surface area (Å²) < 4.78 is 0. The highest BCUT2D eigenvalue weighted by Gasteiger charge is 2.41.